The average Bonchev–Trinajstić information content (AvgIpc) is 3.27. The van der Waals surface area contributed by atoms with Crippen molar-refractivity contribution in [2.75, 3.05) is 20.6 Å². The summed E-state index contributed by atoms with van der Waals surface area (Å²) >= 11 is 3.12. The lowest BCUT2D eigenvalue weighted by Crippen LogP contribution is -2.34. The number of likely N-dealkylation sites (N-methyl/N-ethyl adjacent to an activating group) is 1. The lowest BCUT2D eigenvalue weighted by Gasteiger charge is -2.24. The molecule has 24 heavy (non-hydrogen) atoms. The van der Waals surface area contributed by atoms with Crippen LogP contribution < -0.4 is 5.32 Å². The molecule has 3 aromatic rings. The van der Waals surface area contributed by atoms with Crippen LogP contribution in [0.2, 0.25) is 0 Å². The zero-order chi connectivity index (χ0) is 16.9. The van der Waals surface area contributed by atoms with Gasteiger partial charge in [-0.2, -0.15) is 11.3 Å². The van der Waals surface area contributed by atoms with Crippen LogP contribution in [0.5, 0.6) is 0 Å². The Balaban J connectivity index is 1.66. The molecule has 0 radical (unpaired) electrons. The maximum absolute atomic E-state index is 12.4. The first-order valence-corrected chi connectivity index (χ1v) is 9.45. The number of nitrogens with zero attached hydrogens (tertiary/aromatic N) is 2. The van der Waals surface area contributed by atoms with Gasteiger partial charge in [-0.25, -0.2) is 4.98 Å². The van der Waals surface area contributed by atoms with Gasteiger partial charge < -0.3 is 10.2 Å². The van der Waals surface area contributed by atoms with Crippen LogP contribution in [0.3, 0.4) is 0 Å². The molecule has 0 spiro atoms. The maximum atomic E-state index is 12.4. The van der Waals surface area contributed by atoms with Crippen LogP contribution in [0.15, 0.2) is 52.5 Å². The van der Waals surface area contributed by atoms with Gasteiger partial charge in [0.25, 0.3) is 5.91 Å². The van der Waals surface area contributed by atoms with Gasteiger partial charge in [-0.05, 0) is 31.1 Å². The highest BCUT2D eigenvalue weighted by atomic mass is 32.1. The molecule has 1 unspecified atom stereocenters. The van der Waals surface area contributed by atoms with Crippen LogP contribution >= 0.6 is 22.7 Å². The number of benzene rings is 1. The summed E-state index contributed by atoms with van der Waals surface area (Å²) in [6.45, 7) is 0.543. The number of carbonyl (C=O) groups is 1. The van der Waals surface area contributed by atoms with Gasteiger partial charge in [0, 0.05) is 22.9 Å². The minimum atomic E-state index is -0.129. The van der Waals surface area contributed by atoms with Gasteiger partial charge >= 0.3 is 0 Å². The van der Waals surface area contributed by atoms with E-state index in [0.29, 0.717) is 12.2 Å². The summed E-state index contributed by atoms with van der Waals surface area (Å²) in [5.41, 5.74) is 2.73. The van der Waals surface area contributed by atoms with Crippen LogP contribution in [0, 0.1) is 0 Å². The number of hydrogen-bond donors (Lipinski definition) is 1. The van der Waals surface area contributed by atoms with Crippen LogP contribution in [0.25, 0.3) is 10.6 Å². The topological polar surface area (TPSA) is 45.2 Å². The smallest absolute Gasteiger partial charge is 0.270 e. The van der Waals surface area contributed by atoms with Gasteiger partial charge in [0.1, 0.15) is 10.7 Å². The lowest BCUT2D eigenvalue weighted by atomic mass is 10.1. The molecule has 124 valence electrons. The summed E-state index contributed by atoms with van der Waals surface area (Å²) in [4.78, 5) is 19.0. The lowest BCUT2D eigenvalue weighted by molar-refractivity contribution is 0.0937. The highest BCUT2D eigenvalue weighted by Crippen LogP contribution is 2.25. The molecular formula is C18H19N3OS2. The van der Waals surface area contributed by atoms with E-state index in [4.69, 9.17) is 0 Å². The average molecular weight is 358 g/mol. The van der Waals surface area contributed by atoms with E-state index in [1.165, 1.54) is 16.9 Å². The third-order valence-corrected chi connectivity index (χ3v) is 5.34. The minimum Gasteiger partial charge on any atom is -0.349 e. The molecule has 1 aromatic carbocycles. The fourth-order valence-electron chi connectivity index (χ4n) is 2.45. The van der Waals surface area contributed by atoms with Crippen molar-refractivity contribution in [2.45, 2.75) is 6.04 Å². The van der Waals surface area contributed by atoms with Crippen molar-refractivity contribution in [3.63, 3.8) is 0 Å². The number of thiophene rings is 1. The van der Waals surface area contributed by atoms with Gasteiger partial charge in [0.2, 0.25) is 0 Å². The Kier molecular flexibility index (Phi) is 5.40. The molecule has 1 amide bonds. The van der Waals surface area contributed by atoms with Crippen LogP contribution in [0.1, 0.15) is 22.1 Å². The Morgan fingerprint density at radius 2 is 2.00 bits per heavy atom. The molecular weight excluding hydrogens is 338 g/mol. The number of hydrogen-bond acceptors (Lipinski definition) is 5. The quantitative estimate of drug-likeness (QED) is 0.728. The summed E-state index contributed by atoms with van der Waals surface area (Å²) in [7, 11) is 4.03. The van der Waals surface area contributed by atoms with Crippen molar-refractivity contribution < 1.29 is 4.79 Å². The van der Waals surface area contributed by atoms with Crippen molar-refractivity contribution in [3.05, 3.63) is 63.8 Å². The summed E-state index contributed by atoms with van der Waals surface area (Å²) in [5, 5.41) is 9.75. The van der Waals surface area contributed by atoms with E-state index < -0.39 is 0 Å². The van der Waals surface area contributed by atoms with E-state index >= 15 is 0 Å². The third kappa shape index (κ3) is 3.90. The van der Waals surface area contributed by atoms with Crippen molar-refractivity contribution in [1.82, 2.24) is 15.2 Å². The second kappa shape index (κ2) is 7.70. The van der Waals surface area contributed by atoms with Crippen molar-refractivity contribution in [1.29, 1.82) is 0 Å². The molecule has 0 bridgehead atoms. The number of nitrogens with one attached hydrogen (secondary N) is 1. The summed E-state index contributed by atoms with van der Waals surface area (Å²) in [6, 6.07) is 12.3. The molecule has 0 fully saturated rings. The molecule has 6 heteroatoms. The van der Waals surface area contributed by atoms with Gasteiger partial charge in [0.15, 0.2) is 0 Å². The van der Waals surface area contributed by atoms with E-state index in [-0.39, 0.29) is 11.9 Å². The first-order chi connectivity index (χ1) is 11.6. The Morgan fingerprint density at radius 3 is 2.67 bits per heavy atom. The molecule has 1 atom stereocenters. The fraction of sp³-hybridized carbons (Fsp3) is 0.222. The number of thiazole rings is 1. The Morgan fingerprint density at radius 1 is 1.21 bits per heavy atom. The standard InChI is InChI=1S/C18H19N3OS2/c1-21(2)16(13-6-4-3-5-7-13)10-19-17(22)15-12-24-18(20-15)14-8-9-23-11-14/h3-9,11-12,16H,10H2,1-2H3,(H,19,22). The number of amides is 1. The fourth-order valence-corrected chi connectivity index (χ4v) is 3.96. The summed E-state index contributed by atoms with van der Waals surface area (Å²) in [5.74, 6) is -0.129. The molecule has 2 aromatic heterocycles. The van der Waals surface area contributed by atoms with Gasteiger partial charge in [-0.15, -0.1) is 11.3 Å². The van der Waals surface area contributed by atoms with E-state index in [0.717, 1.165) is 10.6 Å². The second-order valence-electron chi connectivity index (χ2n) is 5.65. The molecule has 4 nitrogen and oxygen atoms in total. The van der Waals surface area contributed by atoms with Crippen molar-refractivity contribution in [2.24, 2.45) is 0 Å². The summed E-state index contributed by atoms with van der Waals surface area (Å²) < 4.78 is 0. The van der Waals surface area contributed by atoms with E-state index in [1.807, 2.05) is 54.5 Å². The number of rotatable bonds is 6. The first kappa shape index (κ1) is 16.8. The van der Waals surface area contributed by atoms with Gasteiger partial charge in [0.05, 0.1) is 6.04 Å². The number of aromatic nitrogens is 1. The molecule has 0 saturated heterocycles. The molecule has 0 aliphatic rings. The molecule has 0 aliphatic carbocycles. The first-order valence-electron chi connectivity index (χ1n) is 7.63. The molecule has 2 heterocycles. The van der Waals surface area contributed by atoms with Crippen molar-refractivity contribution >= 4 is 28.6 Å². The predicted octanol–water partition coefficient (Wildman–Crippen LogP) is 3.90. The zero-order valence-electron chi connectivity index (χ0n) is 13.6. The summed E-state index contributed by atoms with van der Waals surface area (Å²) in [6.07, 6.45) is 0. The second-order valence-corrected chi connectivity index (χ2v) is 7.29. The molecule has 3 rings (SSSR count). The highest BCUT2D eigenvalue weighted by Gasteiger charge is 2.17. The largest absolute Gasteiger partial charge is 0.349 e. The molecule has 1 N–H and O–H groups in total. The van der Waals surface area contributed by atoms with E-state index in [9.17, 15) is 4.79 Å². The maximum Gasteiger partial charge on any atom is 0.270 e. The predicted molar refractivity (Wildman–Crippen MR) is 101 cm³/mol. The Bertz CT molecular complexity index is 782. The normalized spacial score (nSPS) is 12.3. The Labute approximate surface area is 149 Å². The Hall–Kier alpha value is -2.02. The van der Waals surface area contributed by atoms with E-state index in [1.54, 1.807) is 11.3 Å². The van der Waals surface area contributed by atoms with Gasteiger partial charge in [-0.3, -0.25) is 4.79 Å². The van der Waals surface area contributed by atoms with Crippen molar-refractivity contribution in [3.8, 4) is 10.6 Å². The van der Waals surface area contributed by atoms with Crippen LogP contribution in [-0.2, 0) is 0 Å². The minimum absolute atomic E-state index is 0.129. The molecule has 0 saturated carbocycles. The highest BCUT2D eigenvalue weighted by molar-refractivity contribution is 7.14. The van der Waals surface area contributed by atoms with E-state index in [2.05, 4.69) is 27.3 Å². The third-order valence-electron chi connectivity index (χ3n) is 3.77. The zero-order valence-corrected chi connectivity index (χ0v) is 15.2. The van der Waals surface area contributed by atoms with Gasteiger partial charge in [-0.1, -0.05) is 30.3 Å². The van der Waals surface area contributed by atoms with Crippen LogP contribution in [0.4, 0.5) is 0 Å². The number of carbonyl (C=O) groups excluding carboxylic acids is 1. The SMILES string of the molecule is CN(C)C(CNC(=O)c1csc(-c2ccsc2)n1)c1ccccc1. The van der Waals surface area contributed by atoms with Crippen LogP contribution in [-0.4, -0.2) is 36.4 Å². The monoisotopic (exact) mass is 357 g/mol. The molecule has 0 aliphatic heterocycles.